The van der Waals surface area contributed by atoms with Gasteiger partial charge in [0.15, 0.2) is 11.5 Å². The lowest BCUT2D eigenvalue weighted by molar-refractivity contribution is 0.354. The van der Waals surface area contributed by atoms with Crippen molar-refractivity contribution in [1.29, 1.82) is 0 Å². The number of hydrogen-bond donors (Lipinski definition) is 1. The Morgan fingerprint density at radius 3 is 2.44 bits per heavy atom. The first-order valence-corrected chi connectivity index (χ1v) is 6.70. The van der Waals surface area contributed by atoms with Crippen molar-refractivity contribution in [2.24, 2.45) is 0 Å². The van der Waals surface area contributed by atoms with Gasteiger partial charge < -0.3 is 14.8 Å². The average molecular weight is 272 g/mol. The minimum atomic E-state index is 0.294. The lowest BCUT2D eigenvalue weighted by Crippen LogP contribution is -2.21. The molecule has 1 atom stereocenters. The molecular formula is C14H22ClNO2. The Morgan fingerprint density at radius 2 is 1.94 bits per heavy atom. The fourth-order valence-corrected chi connectivity index (χ4v) is 2.25. The molecule has 0 bridgehead atoms. The third-order valence-corrected chi connectivity index (χ3v) is 3.19. The Balaban J connectivity index is 3.04. The lowest BCUT2D eigenvalue weighted by atomic mass is 10.0. The predicted molar refractivity (Wildman–Crippen MR) is 75.9 cm³/mol. The van der Waals surface area contributed by atoms with Crippen LogP contribution in [-0.4, -0.2) is 20.8 Å². The molecule has 1 rings (SSSR count). The van der Waals surface area contributed by atoms with E-state index in [1.54, 1.807) is 14.2 Å². The van der Waals surface area contributed by atoms with Crippen LogP contribution in [0.4, 0.5) is 0 Å². The fraction of sp³-hybridized carbons (Fsp3) is 0.571. The standard InChI is InChI=1S/C14H22ClNO2/c1-5-7-16-12(6-2)10-8-11(15)14(18-4)13(9-10)17-3/h8-9,12,16H,5-7H2,1-4H3. The zero-order chi connectivity index (χ0) is 13.5. The Morgan fingerprint density at radius 1 is 1.22 bits per heavy atom. The predicted octanol–water partition coefficient (Wildman–Crippen LogP) is 3.81. The van der Waals surface area contributed by atoms with E-state index >= 15 is 0 Å². The van der Waals surface area contributed by atoms with Gasteiger partial charge in [-0.25, -0.2) is 0 Å². The molecule has 1 N–H and O–H groups in total. The molecule has 0 radical (unpaired) electrons. The van der Waals surface area contributed by atoms with Crippen LogP contribution in [0.3, 0.4) is 0 Å². The summed E-state index contributed by atoms with van der Waals surface area (Å²) in [6.07, 6.45) is 2.11. The van der Waals surface area contributed by atoms with Crippen LogP contribution < -0.4 is 14.8 Å². The highest BCUT2D eigenvalue weighted by Crippen LogP contribution is 2.38. The smallest absolute Gasteiger partial charge is 0.179 e. The second-order valence-electron chi connectivity index (χ2n) is 4.15. The highest BCUT2D eigenvalue weighted by Gasteiger charge is 2.15. The van der Waals surface area contributed by atoms with E-state index < -0.39 is 0 Å². The highest BCUT2D eigenvalue weighted by molar-refractivity contribution is 6.32. The molecular weight excluding hydrogens is 250 g/mol. The maximum Gasteiger partial charge on any atom is 0.179 e. The number of hydrogen-bond acceptors (Lipinski definition) is 3. The van der Waals surface area contributed by atoms with Crippen molar-refractivity contribution in [1.82, 2.24) is 5.32 Å². The van der Waals surface area contributed by atoms with Crippen molar-refractivity contribution < 1.29 is 9.47 Å². The molecule has 0 saturated carbocycles. The van der Waals surface area contributed by atoms with Crippen molar-refractivity contribution >= 4 is 11.6 Å². The van der Waals surface area contributed by atoms with E-state index in [9.17, 15) is 0 Å². The van der Waals surface area contributed by atoms with E-state index in [4.69, 9.17) is 21.1 Å². The Bertz CT molecular complexity index is 382. The van der Waals surface area contributed by atoms with Gasteiger partial charge in [-0.2, -0.15) is 0 Å². The maximum absolute atomic E-state index is 6.22. The second kappa shape index (κ2) is 7.49. The molecule has 0 amide bonds. The number of methoxy groups -OCH3 is 2. The third kappa shape index (κ3) is 3.53. The van der Waals surface area contributed by atoms with Crippen molar-refractivity contribution in [3.63, 3.8) is 0 Å². The minimum absolute atomic E-state index is 0.294. The van der Waals surface area contributed by atoms with Crippen molar-refractivity contribution in [2.75, 3.05) is 20.8 Å². The molecule has 0 fully saturated rings. The largest absolute Gasteiger partial charge is 0.493 e. The monoisotopic (exact) mass is 271 g/mol. The molecule has 0 spiro atoms. The summed E-state index contributed by atoms with van der Waals surface area (Å²) in [4.78, 5) is 0. The summed E-state index contributed by atoms with van der Waals surface area (Å²) in [7, 11) is 3.22. The molecule has 0 aliphatic heterocycles. The summed E-state index contributed by atoms with van der Waals surface area (Å²) in [5.41, 5.74) is 1.13. The van der Waals surface area contributed by atoms with Gasteiger partial charge >= 0.3 is 0 Å². The number of nitrogens with one attached hydrogen (secondary N) is 1. The Kier molecular flexibility index (Phi) is 6.30. The van der Waals surface area contributed by atoms with E-state index in [2.05, 4.69) is 19.2 Å². The van der Waals surface area contributed by atoms with E-state index in [0.29, 0.717) is 22.6 Å². The van der Waals surface area contributed by atoms with Crippen LogP contribution in [-0.2, 0) is 0 Å². The molecule has 1 aromatic carbocycles. The normalized spacial score (nSPS) is 12.3. The lowest BCUT2D eigenvalue weighted by Gasteiger charge is -2.19. The van der Waals surface area contributed by atoms with Gasteiger partial charge in [-0.15, -0.1) is 0 Å². The molecule has 0 aliphatic rings. The minimum Gasteiger partial charge on any atom is -0.493 e. The summed E-state index contributed by atoms with van der Waals surface area (Å²) in [6, 6.07) is 4.23. The van der Waals surface area contributed by atoms with Crippen molar-refractivity contribution in [3.05, 3.63) is 22.7 Å². The van der Waals surface area contributed by atoms with Gasteiger partial charge in [0.25, 0.3) is 0 Å². The van der Waals surface area contributed by atoms with E-state index in [1.807, 2.05) is 12.1 Å². The topological polar surface area (TPSA) is 30.5 Å². The Labute approximate surface area is 114 Å². The summed E-state index contributed by atoms with van der Waals surface area (Å²) in [6.45, 7) is 5.30. The van der Waals surface area contributed by atoms with Gasteiger partial charge in [0.1, 0.15) is 0 Å². The van der Waals surface area contributed by atoms with Crippen molar-refractivity contribution in [2.45, 2.75) is 32.7 Å². The van der Waals surface area contributed by atoms with Gasteiger partial charge in [-0.1, -0.05) is 25.4 Å². The van der Waals surface area contributed by atoms with Gasteiger partial charge in [-0.05, 0) is 37.1 Å². The molecule has 4 heteroatoms. The van der Waals surface area contributed by atoms with Crippen LogP contribution in [0.25, 0.3) is 0 Å². The summed E-state index contributed by atoms with van der Waals surface area (Å²) in [5, 5.41) is 4.08. The van der Waals surface area contributed by atoms with Crippen LogP contribution >= 0.6 is 11.6 Å². The van der Waals surface area contributed by atoms with E-state index in [0.717, 1.165) is 24.9 Å². The van der Waals surface area contributed by atoms with Crippen LogP contribution in [0, 0.1) is 0 Å². The van der Waals surface area contributed by atoms with Gasteiger partial charge in [-0.3, -0.25) is 0 Å². The van der Waals surface area contributed by atoms with Crippen LogP contribution in [0.2, 0.25) is 5.02 Å². The highest BCUT2D eigenvalue weighted by atomic mass is 35.5. The first kappa shape index (κ1) is 15.1. The quantitative estimate of drug-likeness (QED) is 0.818. The van der Waals surface area contributed by atoms with E-state index in [-0.39, 0.29) is 0 Å². The number of ether oxygens (including phenoxy) is 2. The first-order valence-electron chi connectivity index (χ1n) is 6.32. The SMILES string of the molecule is CCCNC(CC)c1cc(Cl)c(OC)c(OC)c1. The zero-order valence-electron chi connectivity index (χ0n) is 11.5. The molecule has 102 valence electrons. The molecule has 0 heterocycles. The van der Waals surface area contributed by atoms with E-state index in [1.165, 1.54) is 0 Å². The number of halogens is 1. The Hall–Kier alpha value is -0.930. The van der Waals surface area contributed by atoms with Crippen LogP contribution in [0.15, 0.2) is 12.1 Å². The summed E-state index contributed by atoms with van der Waals surface area (Å²) < 4.78 is 10.6. The van der Waals surface area contributed by atoms with Crippen LogP contribution in [0.1, 0.15) is 38.3 Å². The second-order valence-corrected chi connectivity index (χ2v) is 4.56. The molecule has 18 heavy (non-hydrogen) atoms. The molecule has 0 saturated heterocycles. The number of benzene rings is 1. The van der Waals surface area contributed by atoms with Gasteiger partial charge in [0, 0.05) is 6.04 Å². The molecule has 0 aromatic heterocycles. The number of rotatable bonds is 7. The third-order valence-electron chi connectivity index (χ3n) is 2.91. The van der Waals surface area contributed by atoms with Crippen molar-refractivity contribution in [3.8, 4) is 11.5 Å². The van der Waals surface area contributed by atoms with Crippen LogP contribution in [0.5, 0.6) is 11.5 Å². The fourth-order valence-electron chi connectivity index (χ4n) is 1.96. The maximum atomic E-state index is 6.22. The van der Waals surface area contributed by atoms with Gasteiger partial charge in [0.05, 0.1) is 19.2 Å². The molecule has 1 aromatic rings. The zero-order valence-corrected chi connectivity index (χ0v) is 12.3. The summed E-state index contributed by atoms with van der Waals surface area (Å²) >= 11 is 6.22. The van der Waals surface area contributed by atoms with Gasteiger partial charge in [0.2, 0.25) is 0 Å². The molecule has 1 unspecified atom stereocenters. The molecule has 3 nitrogen and oxygen atoms in total. The first-order chi connectivity index (χ1) is 8.67. The average Bonchev–Trinajstić information content (AvgIpc) is 2.38. The summed E-state index contributed by atoms with van der Waals surface area (Å²) in [5.74, 6) is 1.27. The molecule has 0 aliphatic carbocycles.